The Balaban J connectivity index is 1.90. The third-order valence-corrected chi connectivity index (χ3v) is 3.79. The van der Waals surface area contributed by atoms with Crippen LogP contribution in [0, 0.1) is 29.5 Å². The topological polar surface area (TPSA) is 9.23 Å². The predicted octanol–water partition coefficient (Wildman–Crippen LogP) is 4.96. The van der Waals surface area contributed by atoms with Gasteiger partial charge < -0.3 is 4.74 Å². The average Bonchev–Trinajstić information content (AvgIpc) is 2.70. The molecule has 1 atom stereocenters. The maximum absolute atomic E-state index is 13.0. The minimum atomic E-state index is -0.415. The van der Waals surface area contributed by atoms with Crippen LogP contribution in [0.3, 0.4) is 0 Å². The van der Waals surface area contributed by atoms with Crippen molar-refractivity contribution in [1.82, 2.24) is 0 Å². The highest BCUT2D eigenvalue weighted by atomic mass is 19.1. The van der Waals surface area contributed by atoms with Crippen LogP contribution in [-0.2, 0) is 4.74 Å². The standard InChI is InChI=1S/C24H17FO/c1-26-24(18-14-20-12-16-22(25)17-13-20)23-10-6-5-9-21(23)15-11-19-7-3-2-4-8-19/h2-10,12-13,16-17,24H,1H3. The van der Waals surface area contributed by atoms with Gasteiger partial charge in [0.2, 0.25) is 0 Å². The van der Waals surface area contributed by atoms with Crippen LogP contribution < -0.4 is 0 Å². The molecule has 2 heteroatoms. The van der Waals surface area contributed by atoms with E-state index in [9.17, 15) is 4.39 Å². The first-order valence-corrected chi connectivity index (χ1v) is 8.22. The molecule has 0 saturated heterocycles. The molecular formula is C24H17FO. The normalized spacial score (nSPS) is 10.8. The Morgan fingerprint density at radius 2 is 1.38 bits per heavy atom. The average molecular weight is 340 g/mol. The van der Waals surface area contributed by atoms with Gasteiger partial charge in [-0.25, -0.2) is 4.39 Å². The maximum Gasteiger partial charge on any atom is 0.144 e. The third kappa shape index (κ3) is 4.61. The molecule has 1 unspecified atom stereocenters. The number of rotatable bonds is 2. The van der Waals surface area contributed by atoms with E-state index in [0.29, 0.717) is 0 Å². The molecule has 0 aliphatic carbocycles. The minimum Gasteiger partial charge on any atom is -0.364 e. The number of hydrogen-bond donors (Lipinski definition) is 0. The highest BCUT2D eigenvalue weighted by molar-refractivity contribution is 5.49. The van der Waals surface area contributed by atoms with Crippen LogP contribution in [0.5, 0.6) is 0 Å². The van der Waals surface area contributed by atoms with Crippen LogP contribution in [0.4, 0.5) is 4.39 Å². The molecule has 0 spiro atoms. The van der Waals surface area contributed by atoms with Gasteiger partial charge in [-0.2, -0.15) is 0 Å². The van der Waals surface area contributed by atoms with Crippen molar-refractivity contribution in [2.75, 3.05) is 7.11 Å². The Hall–Kier alpha value is -3.33. The zero-order valence-corrected chi connectivity index (χ0v) is 14.4. The molecule has 0 fully saturated rings. The molecule has 3 aromatic carbocycles. The van der Waals surface area contributed by atoms with E-state index in [1.165, 1.54) is 12.1 Å². The molecular weight excluding hydrogens is 323 g/mol. The predicted molar refractivity (Wildman–Crippen MR) is 102 cm³/mol. The molecule has 3 rings (SSSR count). The van der Waals surface area contributed by atoms with E-state index in [4.69, 9.17) is 4.74 Å². The summed E-state index contributed by atoms with van der Waals surface area (Å²) in [6.45, 7) is 0. The van der Waals surface area contributed by atoms with Gasteiger partial charge in [0.25, 0.3) is 0 Å². The highest BCUT2D eigenvalue weighted by Gasteiger charge is 2.10. The summed E-state index contributed by atoms with van der Waals surface area (Å²) < 4.78 is 18.6. The number of halogens is 1. The molecule has 0 amide bonds. The van der Waals surface area contributed by atoms with E-state index in [-0.39, 0.29) is 5.82 Å². The van der Waals surface area contributed by atoms with Gasteiger partial charge in [0.05, 0.1) is 0 Å². The van der Waals surface area contributed by atoms with E-state index >= 15 is 0 Å². The van der Waals surface area contributed by atoms with Crippen molar-refractivity contribution in [3.05, 3.63) is 107 Å². The zero-order valence-electron chi connectivity index (χ0n) is 14.4. The summed E-state index contributed by atoms with van der Waals surface area (Å²) in [5.41, 5.74) is 3.47. The molecule has 0 aliphatic rings. The van der Waals surface area contributed by atoms with Crippen LogP contribution >= 0.6 is 0 Å². The van der Waals surface area contributed by atoms with Crippen molar-refractivity contribution in [1.29, 1.82) is 0 Å². The van der Waals surface area contributed by atoms with Gasteiger partial charge >= 0.3 is 0 Å². The SMILES string of the molecule is COC(C#Cc1ccc(F)cc1)c1ccccc1C#Cc1ccccc1. The molecule has 0 saturated carbocycles. The molecule has 0 aromatic heterocycles. The van der Waals surface area contributed by atoms with Crippen molar-refractivity contribution in [3.8, 4) is 23.7 Å². The van der Waals surface area contributed by atoms with Gasteiger partial charge in [0, 0.05) is 29.4 Å². The number of benzene rings is 3. The fourth-order valence-corrected chi connectivity index (χ4v) is 2.45. The smallest absolute Gasteiger partial charge is 0.144 e. The van der Waals surface area contributed by atoms with Crippen molar-refractivity contribution in [2.45, 2.75) is 6.10 Å². The Labute approximate surface area is 153 Å². The second-order valence-corrected chi connectivity index (χ2v) is 5.60. The van der Waals surface area contributed by atoms with Crippen molar-refractivity contribution in [3.63, 3.8) is 0 Å². The largest absolute Gasteiger partial charge is 0.364 e. The van der Waals surface area contributed by atoms with E-state index < -0.39 is 6.10 Å². The second-order valence-electron chi connectivity index (χ2n) is 5.60. The lowest BCUT2D eigenvalue weighted by atomic mass is 10.0. The van der Waals surface area contributed by atoms with Gasteiger partial charge in [0.15, 0.2) is 0 Å². The molecule has 0 bridgehead atoms. The van der Waals surface area contributed by atoms with E-state index in [0.717, 1.165) is 22.3 Å². The summed E-state index contributed by atoms with van der Waals surface area (Å²) in [7, 11) is 1.62. The molecule has 3 aromatic rings. The number of ether oxygens (including phenoxy) is 1. The van der Waals surface area contributed by atoms with E-state index in [1.54, 1.807) is 19.2 Å². The highest BCUT2D eigenvalue weighted by Crippen LogP contribution is 2.20. The molecule has 0 N–H and O–H groups in total. The zero-order chi connectivity index (χ0) is 18.2. The summed E-state index contributed by atoms with van der Waals surface area (Å²) >= 11 is 0. The van der Waals surface area contributed by atoms with Gasteiger partial charge in [-0.05, 0) is 42.5 Å². The van der Waals surface area contributed by atoms with Crippen molar-refractivity contribution < 1.29 is 9.13 Å². The monoisotopic (exact) mass is 340 g/mol. The fraction of sp³-hybridized carbons (Fsp3) is 0.0833. The Kier molecular flexibility index (Phi) is 5.84. The molecule has 26 heavy (non-hydrogen) atoms. The molecule has 1 nitrogen and oxygen atoms in total. The quantitative estimate of drug-likeness (QED) is 0.599. The minimum absolute atomic E-state index is 0.277. The lowest BCUT2D eigenvalue weighted by molar-refractivity contribution is 0.150. The van der Waals surface area contributed by atoms with Crippen LogP contribution in [0.15, 0.2) is 78.9 Å². The molecule has 126 valence electrons. The van der Waals surface area contributed by atoms with Gasteiger partial charge in [0.1, 0.15) is 11.9 Å². The number of hydrogen-bond acceptors (Lipinski definition) is 1. The first-order chi connectivity index (χ1) is 12.8. The maximum atomic E-state index is 13.0. The first-order valence-electron chi connectivity index (χ1n) is 8.22. The summed E-state index contributed by atoms with van der Waals surface area (Å²) in [5, 5.41) is 0. The van der Waals surface area contributed by atoms with Crippen LogP contribution in [0.1, 0.15) is 28.4 Å². The Bertz CT molecular complexity index is 983. The Morgan fingerprint density at radius 3 is 2.12 bits per heavy atom. The fourth-order valence-electron chi connectivity index (χ4n) is 2.45. The number of methoxy groups -OCH3 is 1. The molecule has 0 radical (unpaired) electrons. The van der Waals surface area contributed by atoms with Gasteiger partial charge in [-0.1, -0.05) is 60.1 Å². The third-order valence-electron chi connectivity index (χ3n) is 3.79. The molecule has 0 heterocycles. The van der Waals surface area contributed by atoms with E-state index in [1.807, 2.05) is 54.6 Å². The summed E-state index contributed by atoms with van der Waals surface area (Å²) in [6, 6.07) is 23.7. The van der Waals surface area contributed by atoms with Gasteiger partial charge in [-0.3, -0.25) is 0 Å². The van der Waals surface area contributed by atoms with Crippen molar-refractivity contribution in [2.24, 2.45) is 0 Å². The lowest BCUT2D eigenvalue weighted by Crippen LogP contribution is -2.01. The van der Waals surface area contributed by atoms with Crippen LogP contribution in [0.2, 0.25) is 0 Å². The van der Waals surface area contributed by atoms with Crippen LogP contribution in [0.25, 0.3) is 0 Å². The van der Waals surface area contributed by atoms with Crippen LogP contribution in [-0.4, -0.2) is 7.11 Å². The van der Waals surface area contributed by atoms with Crippen molar-refractivity contribution >= 4 is 0 Å². The first kappa shape index (κ1) is 17.5. The summed E-state index contributed by atoms with van der Waals surface area (Å²) in [6.07, 6.45) is -0.415. The summed E-state index contributed by atoms with van der Waals surface area (Å²) in [5.74, 6) is 12.2. The Morgan fingerprint density at radius 1 is 0.731 bits per heavy atom. The summed E-state index contributed by atoms with van der Waals surface area (Å²) in [4.78, 5) is 0. The molecule has 0 aliphatic heterocycles. The van der Waals surface area contributed by atoms with Gasteiger partial charge in [-0.15, -0.1) is 0 Å². The second kappa shape index (κ2) is 8.67. The van der Waals surface area contributed by atoms with E-state index in [2.05, 4.69) is 23.7 Å². The lowest BCUT2D eigenvalue weighted by Gasteiger charge is -2.11.